The molecular weight excluding hydrogens is 452 g/mol. The zero-order chi connectivity index (χ0) is 25.9. The van der Waals surface area contributed by atoms with Gasteiger partial charge in [-0.1, -0.05) is 75.4 Å². The summed E-state index contributed by atoms with van der Waals surface area (Å²) >= 11 is 0. The Morgan fingerprint density at radius 1 is 0.865 bits per heavy atom. The molecule has 180 valence electrons. The van der Waals surface area contributed by atoms with Gasteiger partial charge >= 0.3 is 0 Å². The molecule has 4 nitrogen and oxygen atoms in total. The summed E-state index contributed by atoms with van der Waals surface area (Å²) in [5, 5.41) is 3.62. The van der Waals surface area contributed by atoms with Crippen LogP contribution in [0, 0.1) is 13.5 Å². The Kier molecular flexibility index (Phi) is 5.14. The van der Waals surface area contributed by atoms with Crippen molar-refractivity contribution in [1.82, 2.24) is 9.55 Å². The lowest BCUT2D eigenvalue weighted by molar-refractivity contribution is -0.662. The molecule has 2 aromatic heterocycles. The van der Waals surface area contributed by atoms with Crippen LogP contribution in [0.25, 0.3) is 54.5 Å². The number of aromatic nitrogens is 3. The molecule has 0 fully saturated rings. The standard InChI is InChI=1S/C33H29N4/c1-21-24-14-10-11-15-25(24)28(33(2,3)4)19-27(21)31-32-30(35-20-36(31)6)26-17-16-22(34-5)18-29(26)37(32)23-12-8-7-9-13-23/h7-20H,1-4,6H3/q+1. The Balaban J connectivity index is 1.85. The molecule has 0 unspecified atom stereocenters. The molecule has 6 rings (SSSR count). The highest BCUT2D eigenvalue weighted by Crippen LogP contribution is 2.41. The topological polar surface area (TPSA) is 26.1 Å². The van der Waals surface area contributed by atoms with Gasteiger partial charge in [-0.15, -0.1) is 0 Å². The lowest BCUT2D eigenvalue weighted by Gasteiger charge is -2.24. The summed E-state index contributed by atoms with van der Waals surface area (Å²) in [6.45, 7) is 16.7. The van der Waals surface area contributed by atoms with E-state index >= 15 is 0 Å². The van der Waals surface area contributed by atoms with Gasteiger partial charge in [0.2, 0.25) is 5.52 Å². The van der Waals surface area contributed by atoms with E-state index in [2.05, 4.69) is 103 Å². The summed E-state index contributed by atoms with van der Waals surface area (Å²) in [6.07, 6.45) is 1.92. The summed E-state index contributed by atoms with van der Waals surface area (Å²) in [5.74, 6) is 0. The van der Waals surface area contributed by atoms with Crippen LogP contribution in [0.15, 0.2) is 85.2 Å². The first-order valence-corrected chi connectivity index (χ1v) is 12.6. The average Bonchev–Trinajstić information content (AvgIpc) is 3.22. The van der Waals surface area contributed by atoms with Gasteiger partial charge in [-0.3, -0.25) is 0 Å². The maximum Gasteiger partial charge on any atom is 0.287 e. The van der Waals surface area contributed by atoms with Crippen LogP contribution in [0.4, 0.5) is 5.69 Å². The molecular formula is C33H29N4+. The van der Waals surface area contributed by atoms with Crippen molar-refractivity contribution in [2.75, 3.05) is 0 Å². The summed E-state index contributed by atoms with van der Waals surface area (Å²) in [7, 11) is 2.07. The van der Waals surface area contributed by atoms with Crippen molar-refractivity contribution >= 4 is 38.4 Å². The second kappa shape index (κ2) is 8.28. The van der Waals surface area contributed by atoms with E-state index < -0.39 is 0 Å². The third-order valence-electron chi connectivity index (χ3n) is 7.38. The zero-order valence-corrected chi connectivity index (χ0v) is 21.9. The predicted octanol–water partition coefficient (Wildman–Crippen LogP) is 7.98. The van der Waals surface area contributed by atoms with Crippen molar-refractivity contribution < 1.29 is 4.57 Å². The number of aryl methyl sites for hydroxylation is 2. The van der Waals surface area contributed by atoms with E-state index in [1.54, 1.807) is 0 Å². The fourth-order valence-electron chi connectivity index (χ4n) is 5.60. The minimum atomic E-state index is -0.0244. The Bertz CT molecular complexity index is 1880. The quantitative estimate of drug-likeness (QED) is 0.182. The third kappa shape index (κ3) is 3.50. The Labute approximate surface area is 217 Å². The highest BCUT2D eigenvalue weighted by molar-refractivity contribution is 6.12. The lowest BCUT2D eigenvalue weighted by atomic mass is 9.80. The highest BCUT2D eigenvalue weighted by atomic mass is 15.1. The number of rotatable bonds is 2. The van der Waals surface area contributed by atoms with Gasteiger partial charge < -0.3 is 4.57 Å². The molecule has 0 saturated heterocycles. The molecule has 4 aromatic carbocycles. The molecule has 0 radical (unpaired) electrons. The van der Waals surface area contributed by atoms with E-state index in [-0.39, 0.29) is 5.41 Å². The van der Waals surface area contributed by atoms with Gasteiger partial charge in [0.15, 0.2) is 11.4 Å². The number of para-hydroxylation sites is 1. The normalized spacial score (nSPS) is 11.9. The maximum absolute atomic E-state index is 7.62. The number of fused-ring (bicyclic) bond motifs is 4. The molecule has 0 N–H and O–H groups in total. The van der Waals surface area contributed by atoms with Crippen LogP contribution in [0.2, 0.25) is 0 Å². The SMILES string of the molecule is [C-]#[N+]c1ccc2c3nc[n+](C)c(-c4cc(C(C)(C)C)c5ccccc5c4C)c3n(-c3ccccc3)c2c1. The monoisotopic (exact) mass is 481 g/mol. The summed E-state index contributed by atoms with van der Waals surface area (Å²) in [6, 6.07) is 27.4. The number of hydrogen-bond acceptors (Lipinski definition) is 1. The van der Waals surface area contributed by atoms with E-state index in [9.17, 15) is 0 Å². The zero-order valence-electron chi connectivity index (χ0n) is 21.9. The van der Waals surface area contributed by atoms with Gasteiger partial charge in [0.25, 0.3) is 6.33 Å². The molecule has 0 aliphatic rings. The van der Waals surface area contributed by atoms with Gasteiger partial charge in [-0.05, 0) is 63.5 Å². The number of nitrogens with zero attached hydrogens (tertiary/aromatic N) is 4. The first-order chi connectivity index (χ1) is 17.8. The molecule has 0 bridgehead atoms. The summed E-state index contributed by atoms with van der Waals surface area (Å²) in [5.41, 5.74) is 9.51. The summed E-state index contributed by atoms with van der Waals surface area (Å²) < 4.78 is 4.41. The Morgan fingerprint density at radius 2 is 1.57 bits per heavy atom. The van der Waals surface area contributed by atoms with Crippen molar-refractivity contribution in [2.24, 2.45) is 7.05 Å². The smallest absolute Gasteiger partial charge is 0.287 e. The van der Waals surface area contributed by atoms with E-state index in [0.29, 0.717) is 5.69 Å². The molecule has 0 aliphatic carbocycles. The second-order valence-electron chi connectivity index (χ2n) is 10.8. The molecule has 0 amide bonds. The van der Waals surface area contributed by atoms with Gasteiger partial charge in [0.05, 0.1) is 13.6 Å². The van der Waals surface area contributed by atoms with Gasteiger partial charge in [0, 0.05) is 22.2 Å². The van der Waals surface area contributed by atoms with Crippen LogP contribution in [0.5, 0.6) is 0 Å². The first-order valence-electron chi connectivity index (χ1n) is 12.6. The average molecular weight is 482 g/mol. The molecule has 37 heavy (non-hydrogen) atoms. The first kappa shape index (κ1) is 22.9. The van der Waals surface area contributed by atoms with Crippen LogP contribution in [-0.4, -0.2) is 9.55 Å². The van der Waals surface area contributed by atoms with Crippen molar-refractivity contribution in [3.05, 3.63) is 108 Å². The van der Waals surface area contributed by atoms with Crippen LogP contribution in [0.3, 0.4) is 0 Å². The van der Waals surface area contributed by atoms with Crippen molar-refractivity contribution in [2.45, 2.75) is 33.1 Å². The van der Waals surface area contributed by atoms with Crippen molar-refractivity contribution in [1.29, 1.82) is 0 Å². The third-order valence-corrected chi connectivity index (χ3v) is 7.38. The molecule has 6 aromatic rings. The number of hydrogen-bond donors (Lipinski definition) is 0. The minimum Gasteiger partial charge on any atom is -0.303 e. The van der Waals surface area contributed by atoms with Gasteiger partial charge in [0.1, 0.15) is 5.52 Å². The molecule has 4 heteroatoms. The van der Waals surface area contributed by atoms with E-state index in [4.69, 9.17) is 11.6 Å². The Morgan fingerprint density at radius 3 is 2.27 bits per heavy atom. The Hall–Kier alpha value is -4.49. The van der Waals surface area contributed by atoms with Crippen molar-refractivity contribution in [3.63, 3.8) is 0 Å². The summed E-state index contributed by atoms with van der Waals surface area (Å²) in [4.78, 5) is 8.65. The second-order valence-corrected chi connectivity index (χ2v) is 10.8. The van der Waals surface area contributed by atoms with E-state index in [1.165, 1.54) is 27.5 Å². The molecule has 0 atom stereocenters. The fraction of sp³-hybridized carbons (Fsp3) is 0.182. The van der Waals surface area contributed by atoms with Crippen LogP contribution in [-0.2, 0) is 12.5 Å². The minimum absolute atomic E-state index is 0.0244. The van der Waals surface area contributed by atoms with E-state index in [1.807, 2.05) is 30.6 Å². The molecule has 2 heterocycles. The van der Waals surface area contributed by atoms with Gasteiger partial charge in [-0.25, -0.2) is 9.41 Å². The van der Waals surface area contributed by atoms with Crippen LogP contribution >= 0.6 is 0 Å². The molecule has 0 saturated carbocycles. The van der Waals surface area contributed by atoms with Crippen molar-refractivity contribution in [3.8, 4) is 16.9 Å². The highest BCUT2D eigenvalue weighted by Gasteiger charge is 2.28. The van der Waals surface area contributed by atoms with Crippen LogP contribution in [0.1, 0.15) is 31.9 Å². The molecule has 0 aliphatic heterocycles. The maximum atomic E-state index is 7.62. The predicted molar refractivity (Wildman–Crippen MR) is 152 cm³/mol. The van der Waals surface area contributed by atoms with Gasteiger partial charge in [-0.2, -0.15) is 0 Å². The fourth-order valence-corrected chi connectivity index (χ4v) is 5.60. The van der Waals surface area contributed by atoms with E-state index in [0.717, 1.165) is 33.3 Å². The van der Waals surface area contributed by atoms with Crippen LogP contribution < -0.4 is 4.57 Å². The largest absolute Gasteiger partial charge is 0.303 e. The number of benzene rings is 4. The molecule has 0 spiro atoms. The lowest BCUT2D eigenvalue weighted by Crippen LogP contribution is -2.32.